The lowest BCUT2D eigenvalue weighted by atomic mass is 10.1. The Morgan fingerprint density at radius 3 is 2.72 bits per heavy atom. The molecule has 0 spiro atoms. The molecule has 2 atom stereocenters. The predicted octanol–water partition coefficient (Wildman–Crippen LogP) is 1.16. The van der Waals surface area contributed by atoms with Gasteiger partial charge in [-0.2, -0.15) is 13.2 Å². The maximum atomic E-state index is 12.5. The van der Waals surface area contributed by atoms with Crippen molar-refractivity contribution in [1.29, 1.82) is 0 Å². The zero-order valence-corrected chi connectivity index (χ0v) is 9.28. The van der Waals surface area contributed by atoms with E-state index in [0.717, 1.165) is 12.1 Å². The molecule has 0 saturated carbocycles. The zero-order valence-electron chi connectivity index (χ0n) is 9.28. The summed E-state index contributed by atoms with van der Waals surface area (Å²) in [4.78, 5) is 0. The van der Waals surface area contributed by atoms with Crippen LogP contribution in [0, 0.1) is 0 Å². The molecule has 2 rings (SSSR count). The Balaban J connectivity index is 2.21. The number of benzene rings is 1. The van der Waals surface area contributed by atoms with Gasteiger partial charge in [0.15, 0.2) is 17.6 Å². The standard InChI is InChI=1S/C11H12F3NO3/c12-11(13,14)6-1-2-8-9(3-6)17-5-10(18-8)7(16)4-15/h1-3,7,10,16H,4-5,15H2. The number of rotatable bonds is 2. The fourth-order valence-corrected chi connectivity index (χ4v) is 1.60. The van der Waals surface area contributed by atoms with E-state index in [1.165, 1.54) is 6.07 Å². The van der Waals surface area contributed by atoms with Gasteiger partial charge in [0.1, 0.15) is 12.7 Å². The summed E-state index contributed by atoms with van der Waals surface area (Å²) >= 11 is 0. The monoisotopic (exact) mass is 263 g/mol. The average Bonchev–Trinajstić information content (AvgIpc) is 2.35. The third-order valence-electron chi connectivity index (χ3n) is 2.62. The second-order valence-corrected chi connectivity index (χ2v) is 3.93. The summed E-state index contributed by atoms with van der Waals surface area (Å²) in [5, 5.41) is 9.48. The van der Waals surface area contributed by atoms with E-state index in [1.54, 1.807) is 0 Å². The predicted molar refractivity (Wildman–Crippen MR) is 56.4 cm³/mol. The van der Waals surface area contributed by atoms with Crippen LogP contribution in [0.5, 0.6) is 11.5 Å². The van der Waals surface area contributed by atoms with Crippen LogP contribution in [0.4, 0.5) is 13.2 Å². The van der Waals surface area contributed by atoms with Crippen LogP contribution in [-0.2, 0) is 6.18 Å². The van der Waals surface area contributed by atoms with Crippen LogP contribution in [-0.4, -0.2) is 30.5 Å². The van der Waals surface area contributed by atoms with E-state index in [9.17, 15) is 18.3 Å². The van der Waals surface area contributed by atoms with Gasteiger partial charge in [0.25, 0.3) is 0 Å². The highest BCUT2D eigenvalue weighted by atomic mass is 19.4. The van der Waals surface area contributed by atoms with Crippen molar-refractivity contribution in [2.45, 2.75) is 18.4 Å². The van der Waals surface area contributed by atoms with E-state index in [0.29, 0.717) is 0 Å². The Bertz CT molecular complexity index is 436. The number of aliphatic hydroxyl groups is 1. The summed E-state index contributed by atoms with van der Waals surface area (Å²) in [7, 11) is 0. The molecular weight excluding hydrogens is 251 g/mol. The highest BCUT2D eigenvalue weighted by molar-refractivity contribution is 5.45. The number of ether oxygens (including phenoxy) is 2. The zero-order chi connectivity index (χ0) is 13.3. The molecule has 100 valence electrons. The largest absolute Gasteiger partial charge is 0.486 e. The lowest BCUT2D eigenvalue weighted by Crippen LogP contribution is -2.43. The molecule has 0 fully saturated rings. The molecule has 0 aromatic heterocycles. The number of hydrogen-bond donors (Lipinski definition) is 2. The van der Waals surface area contributed by atoms with E-state index in [4.69, 9.17) is 15.2 Å². The lowest BCUT2D eigenvalue weighted by molar-refractivity contribution is -0.137. The molecule has 1 heterocycles. The molecule has 2 unspecified atom stereocenters. The first-order valence-electron chi connectivity index (χ1n) is 5.30. The van der Waals surface area contributed by atoms with Crippen molar-refractivity contribution in [3.8, 4) is 11.5 Å². The molecule has 0 aliphatic carbocycles. The van der Waals surface area contributed by atoms with Gasteiger partial charge < -0.3 is 20.3 Å². The van der Waals surface area contributed by atoms with Gasteiger partial charge in [-0.1, -0.05) is 0 Å². The summed E-state index contributed by atoms with van der Waals surface area (Å²) in [6.45, 7) is -0.0450. The Morgan fingerprint density at radius 1 is 1.39 bits per heavy atom. The van der Waals surface area contributed by atoms with Crippen molar-refractivity contribution in [2.24, 2.45) is 5.73 Å². The van der Waals surface area contributed by atoms with Crippen LogP contribution in [0.25, 0.3) is 0 Å². The molecular formula is C11H12F3NO3. The van der Waals surface area contributed by atoms with E-state index < -0.39 is 23.9 Å². The third kappa shape index (κ3) is 2.51. The molecule has 1 aliphatic rings. The van der Waals surface area contributed by atoms with Crippen molar-refractivity contribution in [2.75, 3.05) is 13.2 Å². The maximum Gasteiger partial charge on any atom is 0.416 e. The average molecular weight is 263 g/mol. The molecule has 0 bridgehead atoms. The van der Waals surface area contributed by atoms with Gasteiger partial charge in [-0.25, -0.2) is 0 Å². The summed E-state index contributed by atoms with van der Waals surface area (Å²) in [5.74, 6) is 0.192. The third-order valence-corrected chi connectivity index (χ3v) is 2.62. The smallest absolute Gasteiger partial charge is 0.416 e. The minimum Gasteiger partial charge on any atom is -0.486 e. The van der Waals surface area contributed by atoms with Crippen molar-refractivity contribution in [1.82, 2.24) is 0 Å². The van der Waals surface area contributed by atoms with Gasteiger partial charge in [0.05, 0.1) is 5.56 Å². The van der Waals surface area contributed by atoms with Crippen molar-refractivity contribution in [3.05, 3.63) is 23.8 Å². The molecule has 0 saturated heterocycles. The molecule has 3 N–H and O–H groups in total. The number of hydrogen-bond acceptors (Lipinski definition) is 4. The Hall–Kier alpha value is -1.47. The normalized spacial score (nSPS) is 20.6. The molecule has 1 aromatic rings. The van der Waals surface area contributed by atoms with Gasteiger partial charge in [-0.05, 0) is 18.2 Å². The number of nitrogens with two attached hydrogens (primary N) is 1. The van der Waals surface area contributed by atoms with Crippen molar-refractivity contribution in [3.63, 3.8) is 0 Å². The highest BCUT2D eigenvalue weighted by Crippen LogP contribution is 2.38. The number of aliphatic hydroxyl groups excluding tert-OH is 1. The Morgan fingerprint density at radius 2 is 2.11 bits per heavy atom. The van der Waals surface area contributed by atoms with Crippen LogP contribution in [0.15, 0.2) is 18.2 Å². The second kappa shape index (κ2) is 4.66. The van der Waals surface area contributed by atoms with Crippen molar-refractivity contribution >= 4 is 0 Å². The lowest BCUT2D eigenvalue weighted by Gasteiger charge is -2.29. The van der Waals surface area contributed by atoms with Gasteiger partial charge >= 0.3 is 6.18 Å². The van der Waals surface area contributed by atoms with Gasteiger partial charge in [0.2, 0.25) is 0 Å². The van der Waals surface area contributed by atoms with Crippen LogP contribution in [0.1, 0.15) is 5.56 Å². The first-order chi connectivity index (χ1) is 8.41. The number of fused-ring (bicyclic) bond motifs is 1. The quantitative estimate of drug-likeness (QED) is 0.840. The summed E-state index contributed by atoms with van der Waals surface area (Å²) in [5.41, 5.74) is 4.47. The van der Waals surface area contributed by atoms with E-state index in [1.807, 2.05) is 0 Å². The fourth-order valence-electron chi connectivity index (χ4n) is 1.60. The second-order valence-electron chi connectivity index (χ2n) is 3.93. The molecule has 7 heteroatoms. The Labute approximate surface area is 101 Å². The Kier molecular flexibility index (Phi) is 3.36. The fraction of sp³-hybridized carbons (Fsp3) is 0.455. The van der Waals surface area contributed by atoms with Gasteiger partial charge in [-0.15, -0.1) is 0 Å². The minimum absolute atomic E-state index is 0.00993. The molecule has 4 nitrogen and oxygen atoms in total. The van der Waals surface area contributed by atoms with Crippen LogP contribution >= 0.6 is 0 Å². The topological polar surface area (TPSA) is 64.7 Å². The van der Waals surface area contributed by atoms with Crippen LogP contribution in [0.2, 0.25) is 0 Å². The van der Waals surface area contributed by atoms with E-state index >= 15 is 0 Å². The summed E-state index contributed by atoms with van der Waals surface area (Å²) in [6, 6.07) is 2.95. The molecule has 1 aliphatic heterocycles. The number of halogens is 3. The van der Waals surface area contributed by atoms with Crippen molar-refractivity contribution < 1.29 is 27.8 Å². The van der Waals surface area contributed by atoms with Crippen LogP contribution in [0.3, 0.4) is 0 Å². The minimum atomic E-state index is -4.42. The molecule has 0 radical (unpaired) electrons. The summed E-state index contributed by atoms with van der Waals surface area (Å²) < 4.78 is 47.9. The molecule has 1 aromatic carbocycles. The first-order valence-corrected chi connectivity index (χ1v) is 5.30. The van der Waals surface area contributed by atoms with E-state index in [-0.39, 0.29) is 24.7 Å². The number of alkyl halides is 3. The molecule has 18 heavy (non-hydrogen) atoms. The SMILES string of the molecule is NCC(O)C1COc2cc(C(F)(F)F)ccc2O1. The highest BCUT2D eigenvalue weighted by Gasteiger charge is 2.33. The molecule has 0 amide bonds. The van der Waals surface area contributed by atoms with Gasteiger partial charge in [0, 0.05) is 6.54 Å². The van der Waals surface area contributed by atoms with E-state index in [2.05, 4.69) is 0 Å². The van der Waals surface area contributed by atoms with Gasteiger partial charge in [-0.3, -0.25) is 0 Å². The first kappa shape index (κ1) is 13.0. The van der Waals surface area contributed by atoms with Crippen LogP contribution < -0.4 is 15.2 Å². The summed E-state index contributed by atoms with van der Waals surface area (Å²) in [6.07, 6.45) is -6.01. The maximum absolute atomic E-state index is 12.5.